The van der Waals surface area contributed by atoms with Crippen molar-refractivity contribution in [1.82, 2.24) is 0 Å². The lowest BCUT2D eigenvalue weighted by Crippen LogP contribution is -2.82. The van der Waals surface area contributed by atoms with Crippen LogP contribution in [0.5, 0.6) is 0 Å². The van der Waals surface area contributed by atoms with Gasteiger partial charge in [0.05, 0.1) is 30.1 Å². The Bertz CT molecular complexity index is 783. The number of aliphatic hydroxyl groups excluding tert-OH is 2. The topological polar surface area (TPSA) is 43.7 Å². The molecular weight excluding hydrogens is 324 g/mol. The number of aliphatic hydroxyl groups is 2. The van der Waals surface area contributed by atoms with Crippen LogP contribution in [-0.2, 0) is 5.41 Å². The molecule has 4 heteroatoms. The van der Waals surface area contributed by atoms with Crippen LogP contribution in [0.1, 0.15) is 38.7 Å². The monoisotopic (exact) mass is 355 g/mol. The molecule has 4 nitrogen and oxygen atoms in total. The highest BCUT2D eigenvalue weighted by atomic mass is 16.3. The number of rotatable bonds is 2. The van der Waals surface area contributed by atoms with Gasteiger partial charge in [-0.1, -0.05) is 25.1 Å². The molecule has 140 valence electrons. The summed E-state index contributed by atoms with van der Waals surface area (Å²) in [5.74, 6) is 1.18. The number of hydrogen-bond acceptors (Lipinski definition) is 3. The average Bonchev–Trinajstić information content (AvgIpc) is 3.04. The van der Waals surface area contributed by atoms with Crippen molar-refractivity contribution in [1.29, 1.82) is 0 Å². The summed E-state index contributed by atoms with van der Waals surface area (Å²) in [4.78, 5) is 2.46. The van der Waals surface area contributed by atoms with Gasteiger partial charge >= 0.3 is 0 Å². The van der Waals surface area contributed by atoms with Crippen molar-refractivity contribution in [2.45, 2.75) is 69.0 Å². The minimum Gasteiger partial charge on any atom is -0.392 e. The van der Waals surface area contributed by atoms with Crippen LogP contribution in [0.15, 0.2) is 24.3 Å². The Morgan fingerprint density at radius 2 is 1.96 bits per heavy atom. The first kappa shape index (κ1) is 15.9. The average molecular weight is 356 g/mol. The summed E-state index contributed by atoms with van der Waals surface area (Å²) < 4.78 is 0.849. The standard InChI is InChI=1S/C22H31N2O2/c1-4-12-13-10-16-19-22(14-8-6-7-9-15(14)23(19)3)11-17(18(13)20(22)25)24(16,5-2)21(12)26/h6-9,12-13,16-21,25-26H,4-5,10-11H2,1-3H3/q+1/t12-,13-,16+,17+,18-,19+,20+,21+,22+,24+/m1/s1. The SMILES string of the molecule is CC[C@@H]1[C@H]2C[C@H]3[C@@H]4N(C)c5ccccc5[C@@]45C[C@@H]([C@@H]2[C@@H]5O)[N@@+]3(CC)[C@H]1O. The van der Waals surface area contributed by atoms with Crippen LogP contribution in [0.25, 0.3) is 0 Å². The largest absolute Gasteiger partial charge is 0.392 e. The lowest BCUT2D eigenvalue weighted by molar-refractivity contribution is -1.04. The van der Waals surface area contributed by atoms with Gasteiger partial charge in [0.1, 0.15) is 6.04 Å². The van der Waals surface area contributed by atoms with Crippen LogP contribution >= 0.6 is 0 Å². The van der Waals surface area contributed by atoms with E-state index in [9.17, 15) is 10.2 Å². The highest BCUT2D eigenvalue weighted by Crippen LogP contribution is 2.71. The van der Waals surface area contributed by atoms with E-state index in [1.807, 2.05) is 0 Å². The predicted octanol–water partition coefficient (Wildman–Crippen LogP) is 2.09. The molecule has 4 saturated heterocycles. The first-order valence-corrected chi connectivity index (χ1v) is 10.6. The maximum atomic E-state index is 11.8. The Kier molecular flexibility index (Phi) is 2.85. The van der Waals surface area contributed by atoms with Gasteiger partial charge in [-0.25, -0.2) is 0 Å². The number of fused-ring (bicyclic) bond motifs is 2. The van der Waals surface area contributed by atoms with E-state index in [0.717, 1.165) is 23.9 Å². The van der Waals surface area contributed by atoms with Gasteiger partial charge in [0.15, 0.2) is 6.23 Å². The Morgan fingerprint density at radius 1 is 1.19 bits per heavy atom. The normalized spacial score (nSPS) is 55.3. The number of hydrogen-bond donors (Lipinski definition) is 2. The summed E-state index contributed by atoms with van der Waals surface area (Å²) >= 11 is 0. The number of benzene rings is 1. The Morgan fingerprint density at radius 3 is 2.69 bits per heavy atom. The number of piperidine rings is 4. The second-order valence-electron chi connectivity index (χ2n) is 9.67. The molecule has 26 heavy (non-hydrogen) atoms. The molecule has 5 heterocycles. The van der Waals surface area contributed by atoms with Crippen molar-refractivity contribution in [3.8, 4) is 0 Å². The summed E-state index contributed by atoms with van der Waals surface area (Å²) in [6, 6.07) is 9.93. The quantitative estimate of drug-likeness (QED) is 0.799. The molecule has 1 aromatic rings. The molecule has 5 aliphatic heterocycles. The van der Waals surface area contributed by atoms with Crippen LogP contribution < -0.4 is 4.90 Å². The number of para-hydroxylation sites is 1. The summed E-state index contributed by atoms with van der Waals surface area (Å²) in [7, 11) is 2.22. The van der Waals surface area contributed by atoms with Crippen molar-refractivity contribution >= 4 is 5.69 Å². The zero-order valence-corrected chi connectivity index (χ0v) is 16.0. The third kappa shape index (κ3) is 1.30. The van der Waals surface area contributed by atoms with E-state index in [1.54, 1.807) is 0 Å². The van der Waals surface area contributed by atoms with Crippen molar-refractivity contribution in [3.05, 3.63) is 29.8 Å². The molecule has 0 amide bonds. The lowest BCUT2D eigenvalue weighted by atomic mass is 9.60. The van der Waals surface area contributed by atoms with Crippen LogP contribution in [0.4, 0.5) is 5.69 Å². The molecule has 7 rings (SSSR count). The molecule has 10 atom stereocenters. The first-order valence-electron chi connectivity index (χ1n) is 10.6. The molecule has 2 N–H and O–H groups in total. The van der Waals surface area contributed by atoms with Crippen molar-refractivity contribution in [3.63, 3.8) is 0 Å². The summed E-state index contributed by atoms with van der Waals surface area (Å²) in [5.41, 5.74) is 2.55. The molecule has 0 aromatic heterocycles. The van der Waals surface area contributed by atoms with Gasteiger partial charge in [0, 0.05) is 37.4 Å². The van der Waals surface area contributed by atoms with Crippen molar-refractivity contribution in [2.75, 3.05) is 18.5 Å². The van der Waals surface area contributed by atoms with Gasteiger partial charge in [-0.2, -0.15) is 0 Å². The highest BCUT2D eigenvalue weighted by molar-refractivity contribution is 5.66. The minimum atomic E-state index is -0.272. The lowest BCUT2D eigenvalue weighted by Gasteiger charge is -2.67. The minimum absolute atomic E-state index is 0.126. The Balaban J connectivity index is 1.63. The van der Waals surface area contributed by atoms with Gasteiger partial charge in [-0.15, -0.1) is 0 Å². The van der Waals surface area contributed by atoms with Gasteiger partial charge < -0.3 is 15.1 Å². The maximum Gasteiger partial charge on any atom is 0.194 e. The fourth-order valence-electron chi connectivity index (χ4n) is 9.03. The first-order chi connectivity index (χ1) is 12.5. The van der Waals surface area contributed by atoms with Crippen LogP contribution in [0.2, 0.25) is 0 Å². The maximum absolute atomic E-state index is 11.8. The summed E-state index contributed by atoms with van der Waals surface area (Å²) in [5, 5.41) is 23.4. The zero-order valence-electron chi connectivity index (χ0n) is 16.0. The van der Waals surface area contributed by atoms with Gasteiger partial charge in [-0.05, 0) is 30.9 Å². The van der Waals surface area contributed by atoms with Crippen LogP contribution in [0, 0.1) is 17.8 Å². The van der Waals surface area contributed by atoms with E-state index in [0.29, 0.717) is 35.9 Å². The third-order valence-electron chi connectivity index (χ3n) is 9.67. The van der Waals surface area contributed by atoms with Gasteiger partial charge in [-0.3, -0.25) is 4.48 Å². The number of nitrogens with zero attached hydrogens (tertiary/aromatic N) is 2. The second-order valence-corrected chi connectivity index (χ2v) is 9.67. The van der Waals surface area contributed by atoms with E-state index in [2.05, 4.69) is 50.1 Å². The van der Waals surface area contributed by atoms with Crippen LogP contribution in [0.3, 0.4) is 0 Å². The molecule has 1 aliphatic carbocycles. The van der Waals surface area contributed by atoms with Crippen molar-refractivity contribution in [2.24, 2.45) is 17.8 Å². The molecule has 1 aromatic carbocycles. The third-order valence-corrected chi connectivity index (χ3v) is 9.67. The molecule has 5 fully saturated rings. The van der Waals surface area contributed by atoms with E-state index in [4.69, 9.17) is 0 Å². The second kappa shape index (κ2) is 4.65. The molecule has 0 radical (unpaired) electrons. The van der Waals surface area contributed by atoms with Crippen LogP contribution in [-0.4, -0.2) is 58.7 Å². The molecule has 1 spiro atoms. The Hall–Kier alpha value is -1.10. The Labute approximate surface area is 156 Å². The van der Waals surface area contributed by atoms with E-state index >= 15 is 0 Å². The summed E-state index contributed by atoms with van der Waals surface area (Å²) in [6.07, 6.45) is 2.71. The number of quaternary nitrogens is 1. The van der Waals surface area contributed by atoms with E-state index in [-0.39, 0.29) is 17.7 Å². The van der Waals surface area contributed by atoms with E-state index in [1.165, 1.54) is 17.7 Å². The summed E-state index contributed by atoms with van der Waals surface area (Å²) in [6.45, 7) is 5.48. The number of likely N-dealkylation sites (N-methyl/N-ethyl adjacent to an activating group) is 2. The molecular formula is C22H31N2O2+. The predicted molar refractivity (Wildman–Crippen MR) is 101 cm³/mol. The molecule has 6 aliphatic rings. The van der Waals surface area contributed by atoms with E-state index < -0.39 is 0 Å². The fourth-order valence-corrected chi connectivity index (χ4v) is 9.03. The highest BCUT2D eigenvalue weighted by Gasteiger charge is 2.82. The number of anilines is 1. The smallest absolute Gasteiger partial charge is 0.194 e. The van der Waals surface area contributed by atoms with Gasteiger partial charge in [0.25, 0.3) is 0 Å². The molecule has 5 bridgehead atoms. The zero-order chi connectivity index (χ0) is 18.0. The van der Waals surface area contributed by atoms with Gasteiger partial charge in [0.2, 0.25) is 0 Å². The molecule has 1 saturated carbocycles. The fraction of sp³-hybridized carbons (Fsp3) is 0.727. The van der Waals surface area contributed by atoms with Crippen molar-refractivity contribution < 1.29 is 14.7 Å². The molecule has 0 unspecified atom stereocenters.